The molecule has 0 unspecified atom stereocenters. The van der Waals surface area contributed by atoms with Crippen molar-refractivity contribution in [2.75, 3.05) is 16.9 Å². The molecule has 0 saturated carbocycles. The number of aromatic amines is 1. The standard InChI is InChI=1S/C31H30IN5O5/c1-30(40)25(38)23(17-32)42-28(30)37-18-33-24-26(37)34-29(35-27(24)39)36-31(19-9-5-3-6-10-19,20-11-7-4-8-12-20)21-13-15-22(41-2)16-14-21/h3-16,18,23,25,28,38,40H,17H2,1-2H3,(H2,34,35,36,39)/t23-,25-,28-,30-/m1/s1. The van der Waals surface area contributed by atoms with Gasteiger partial charge in [0.15, 0.2) is 17.4 Å². The average Bonchev–Trinajstić information content (AvgIpc) is 3.54. The van der Waals surface area contributed by atoms with Crippen LogP contribution in [0.3, 0.4) is 0 Å². The lowest BCUT2D eigenvalue weighted by atomic mass is 9.77. The Hall–Kier alpha value is -3.78. The van der Waals surface area contributed by atoms with Crippen molar-refractivity contribution in [2.45, 2.75) is 36.5 Å². The first-order valence-corrected chi connectivity index (χ1v) is 14.9. The van der Waals surface area contributed by atoms with E-state index in [4.69, 9.17) is 14.5 Å². The van der Waals surface area contributed by atoms with E-state index in [1.54, 1.807) is 7.11 Å². The number of benzene rings is 3. The number of hydrogen-bond donors (Lipinski definition) is 4. The summed E-state index contributed by atoms with van der Waals surface area (Å²) in [6.07, 6.45) is -1.32. The van der Waals surface area contributed by atoms with Gasteiger partial charge in [-0.05, 0) is 35.7 Å². The number of rotatable bonds is 8. The summed E-state index contributed by atoms with van der Waals surface area (Å²) in [5, 5.41) is 25.5. The highest BCUT2D eigenvalue weighted by Gasteiger charge is 2.53. The molecule has 42 heavy (non-hydrogen) atoms. The molecule has 3 aromatic carbocycles. The molecule has 0 aliphatic carbocycles. The number of halogens is 1. The molecule has 6 rings (SSSR count). The molecule has 4 atom stereocenters. The molecule has 1 aliphatic heterocycles. The van der Waals surface area contributed by atoms with Gasteiger partial charge >= 0.3 is 0 Å². The molecule has 11 heteroatoms. The van der Waals surface area contributed by atoms with Crippen LogP contribution in [-0.2, 0) is 10.3 Å². The number of alkyl halides is 1. The number of nitrogens with zero attached hydrogens (tertiary/aromatic N) is 3. The highest BCUT2D eigenvalue weighted by atomic mass is 127. The zero-order valence-corrected chi connectivity index (χ0v) is 25.1. The molecule has 0 radical (unpaired) electrons. The summed E-state index contributed by atoms with van der Waals surface area (Å²) < 4.78 is 13.4. The third kappa shape index (κ3) is 4.66. The average molecular weight is 680 g/mol. The van der Waals surface area contributed by atoms with Crippen LogP contribution < -0.4 is 15.6 Å². The normalized spacial score (nSPS) is 22.4. The number of imidazole rings is 1. The summed E-state index contributed by atoms with van der Waals surface area (Å²) in [6.45, 7) is 1.51. The van der Waals surface area contributed by atoms with Crippen molar-refractivity contribution in [3.63, 3.8) is 0 Å². The third-order valence-electron chi connectivity index (χ3n) is 7.83. The first-order chi connectivity index (χ1) is 20.3. The molecule has 2 aromatic heterocycles. The molecular weight excluding hydrogens is 649 g/mol. The van der Waals surface area contributed by atoms with E-state index < -0.39 is 35.1 Å². The SMILES string of the molecule is COc1ccc(C(Nc2nc3c(ncn3[C@@H]3O[C@H](CI)[C@@H](O)[C@@]3(C)O)c(=O)[nH]2)(c2ccccc2)c2ccccc2)cc1. The summed E-state index contributed by atoms with van der Waals surface area (Å²) in [5.74, 6) is 0.891. The summed E-state index contributed by atoms with van der Waals surface area (Å²) in [7, 11) is 1.62. The van der Waals surface area contributed by atoms with Gasteiger partial charge in [-0.3, -0.25) is 14.3 Å². The Labute approximate surface area is 255 Å². The predicted octanol–water partition coefficient (Wildman–Crippen LogP) is 3.98. The van der Waals surface area contributed by atoms with E-state index in [0.717, 1.165) is 16.7 Å². The fraction of sp³-hybridized carbons (Fsp3) is 0.258. The number of anilines is 1. The van der Waals surface area contributed by atoms with Crippen LogP contribution in [0.2, 0.25) is 0 Å². The maximum atomic E-state index is 13.4. The van der Waals surface area contributed by atoms with E-state index in [0.29, 0.717) is 10.2 Å². The zero-order valence-electron chi connectivity index (χ0n) is 22.9. The van der Waals surface area contributed by atoms with Gasteiger partial charge in [0.05, 0.1) is 19.5 Å². The summed E-state index contributed by atoms with van der Waals surface area (Å²) in [4.78, 5) is 25.3. The lowest BCUT2D eigenvalue weighted by Crippen LogP contribution is -2.43. The quantitative estimate of drug-likeness (QED) is 0.110. The second kappa shape index (κ2) is 11.1. The van der Waals surface area contributed by atoms with Crippen molar-refractivity contribution >= 4 is 39.7 Å². The molecule has 5 aromatic rings. The van der Waals surface area contributed by atoms with Crippen LogP contribution in [-0.4, -0.2) is 59.1 Å². The highest BCUT2D eigenvalue weighted by Crippen LogP contribution is 2.42. The second-order valence-corrected chi connectivity index (χ2v) is 11.3. The zero-order chi connectivity index (χ0) is 29.5. The lowest BCUT2D eigenvalue weighted by molar-refractivity contribution is -0.0934. The van der Waals surface area contributed by atoms with Gasteiger partial charge in [0.1, 0.15) is 23.0 Å². The van der Waals surface area contributed by atoms with Gasteiger partial charge < -0.3 is 25.0 Å². The van der Waals surface area contributed by atoms with Crippen LogP contribution in [0, 0.1) is 0 Å². The Bertz CT molecular complexity index is 1700. The van der Waals surface area contributed by atoms with E-state index in [9.17, 15) is 15.0 Å². The second-order valence-electron chi connectivity index (χ2n) is 10.4. The van der Waals surface area contributed by atoms with Crippen LogP contribution in [0.4, 0.5) is 5.95 Å². The molecule has 0 amide bonds. The van der Waals surface area contributed by atoms with Gasteiger partial charge in [-0.25, -0.2) is 4.98 Å². The first kappa shape index (κ1) is 28.3. The summed E-state index contributed by atoms with van der Waals surface area (Å²) in [5.41, 5.74) is -0.0925. The summed E-state index contributed by atoms with van der Waals surface area (Å²) in [6, 6.07) is 27.5. The number of aromatic nitrogens is 4. The number of aliphatic hydroxyl groups excluding tert-OH is 1. The van der Waals surface area contributed by atoms with Crippen LogP contribution >= 0.6 is 22.6 Å². The van der Waals surface area contributed by atoms with Gasteiger partial charge in [0, 0.05) is 4.43 Å². The lowest BCUT2D eigenvalue weighted by Gasteiger charge is -2.37. The topological polar surface area (TPSA) is 135 Å². The number of hydrogen-bond acceptors (Lipinski definition) is 8. The van der Waals surface area contributed by atoms with Crippen molar-refractivity contribution in [2.24, 2.45) is 0 Å². The number of ether oxygens (including phenoxy) is 2. The first-order valence-electron chi connectivity index (χ1n) is 13.4. The molecular formula is C31H30IN5O5. The number of fused-ring (bicyclic) bond motifs is 1. The van der Waals surface area contributed by atoms with E-state index in [1.807, 2.05) is 84.9 Å². The van der Waals surface area contributed by atoms with E-state index in [1.165, 1.54) is 17.8 Å². The molecule has 1 saturated heterocycles. The number of aliphatic hydroxyl groups is 2. The molecule has 4 N–H and O–H groups in total. The minimum absolute atomic E-state index is 0.0850. The molecule has 3 heterocycles. The third-order valence-corrected chi connectivity index (χ3v) is 8.70. The maximum absolute atomic E-state index is 13.4. The van der Waals surface area contributed by atoms with E-state index in [2.05, 4.69) is 37.9 Å². The maximum Gasteiger partial charge on any atom is 0.280 e. The molecule has 10 nitrogen and oxygen atoms in total. The van der Waals surface area contributed by atoms with Crippen molar-refractivity contribution in [1.82, 2.24) is 19.5 Å². The Balaban J connectivity index is 1.55. The van der Waals surface area contributed by atoms with Crippen LogP contribution in [0.1, 0.15) is 29.8 Å². The molecule has 1 fully saturated rings. The minimum Gasteiger partial charge on any atom is -0.497 e. The molecule has 216 valence electrons. The monoisotopic (exact) mass is 679 g/mol. The van der Waals surface area contributed by atoms with Crippen LogP contribution in [0.15, 0.2) is 96.1 Å². The van der Waals surface area contributed by atoms with E-state index in [-0.39, 0.29) is 17.1 Å². The highest BCUT2D eigenvalue weighted by molar-refractivity contribution is 14.1. The van der Waals surface area contributed by atoms with Gasteiger partial charge in [0.25, 0.3) is 5.56 Å². The Morgan fingerprint density at radius 1 is 1.05 bits per heavy atom. The largest absolute Gasteiger partial charge is 0.497 e. The van der Waals surface area contributed by atoms with Gasteiger partial charge in [-0.15, -0.1) is 0 Å². The van der Waals surface area contributed by atoms with E-state index >= 15 is 0 Å². The molecule has 0 spiro atoms. The Morgan fingerprint density at radius 2 is 1.64 bits per heavy atom. The molecule has 1 aliphatic rings. The Kier molecular flexibility index (Phi) is 7.51. The van der Waals surface area contributed by atoms with Crippen LogP contribution in [0.25, 0.3) is 11.2 Å². The number of methoxy groups -OCH3 is 1. The fourth-order valence-corrected chi connectivity index (χ4v) is 6.33. The molecule has 0 bridgehead atoms. The van der Waals surface area contributed by atoms with Crippen LogP contribution in [0.5, 0.6) is 5.75 Å². The summed E-state index contributed by atoms with van der Waals surface area (Å²) >= 11 is 2.10. The number of H-pyrrole nitrogens is 1. The van der Waals surface area contributed by atoms with Crippen molar-refractivity contribution in [3.05, 3.63) is 118 Å². The smallest absolute Gasteiger partial charge is 0.280 e. The van der Waals surface area contributed by atoms with Crippen molar-refractivity contribution in [1.29, 1.82) is 0 Å². The Morgan fingerprint density at radius 3 is 2.19 bits per heavy atom. The van der Waals surface area contributed by atoms with Gasteiger partial charge in [0.2, 0.25) is 5.95 Å². The van der Waals surface area contributed by atoms with Crippen molar-refractivity contribution in [3.8, 4) is 5.75 Å². The predicted molar refractivity (Wildman–Crippen MR) is 167 cm³/mol. The number of nitrogens with one attached hydrogen (secondary N) is 2. The van der Waals surface area contributed by atoms with Gasteiger partial charge in [-0.1, -0.05) is 95.4 Å². The minimum atomic E-state index is -1.64. The van der Waals surface area contributed by atoms with Crippen molar-refractivity contribution < 1.29 is 19.7 Å². The van der Waals surface area contributed by atoms with Gasteiger partial charge in [-0.2, -0.15) is 4.98 Å². The fourth-order valence-electron chi connectivity index (χ4n) is 5.64.